The second kappa shape index (κ2) is 9.68. The van der Waals surface area contributed by atoms with Crippen LogP contribution >= 0.6 is 0 Å². The number of para-hydroxylation sites is 1. The molecular formula is C16H19Cl2OTi. The second-order valence-corrected chi connectivity index (χ2v) is 4.75. The largest absolute Gasteiger partial charge is 3.00 e. The monoisotopic (exact) mass is 345 g/mol. The van der Waals surface area contributed by atoms with Crippen LogP contribution in [0.2, 0.25) is 0 Å². The molecule has 1 aromatic rings. The zero-order valence-electron chi connectivity index (χ0n) is 12.0. The van der Waals surface area contributed by atoms with Crippen molar-refractivity contribution >= 4 is 0 Å². The van der Waals surface area contributed by atoms with Crippen molar-refractivity contribution in [1.82, 2.24) is 0 Å². The number of benzene rings is 1. The first-order chi connectivity index (χ1) is 8.16. The van der Waals surface area contributed by atoms with Crippen LogP contribution in [0.5, 0.6) is 5.75 Å². The molecule has 0 aromatic heterocycles. The van der Waals surface area contributed by atoms with Crippen LogP contribution in [0.4, 0.5) is 0 Å². The number of halogens is 2. The molecule has 1 aliphatic rings. The zero-order chi connectivity index (χ0) is 12.3. The van der Waals surface area contributed by atoms with E-state index in [4.69, 9.17) is 4.74 Å². The van der Waals surface area contributed by atoms with E-state index >= 15 is 0 Å². The van der Waals surface area contributed by atoms with E-state index in [1.807, 2.05) is 19.1 Å². The molecule has 0 spiro atoms. The third kappa shape index (κ3) is 4.67. The fourth-order valence-corrected chi connectivity index (χ4v) is 2.24. The van der Waals surface area contributed by atoms with Gasteiger partial charge in [-0.3, -0.25) is 6.08 Å². The Morgan fingerprint density at radius 1 is 1.20 bits per heavy atom. The Kier molecular flexibility index (Phi) is 10.7. The predicted molar refractivity (Wildman–Crippen MR) is 71.2 cm³/mol. The minimum Gasteiger partial charge on any atom is -1.00 e. The van der Waals surface area contributed by atoms with Gasteiger partial charge in [0.15, 0.2) is 0 Å². The van der Waals surface area contributed by atoms with Gasteiger partial charge in [-0.25, -0.2) is 11.6 Å². The molecule has 0 amide bonds. The molecule has 0 unspecified atom stereocenters. The molecule has 1 nitrogen and oxygen atoms in total. The molecular weight excluding hydrogens is 327 g/mol. The molecule has 1 radical (unpaired) electrons. The molecule has 0 heterocycles. The quantitative estimate of drug-likeness (QED) is 0.455. The fraction of sp³-hybridized carbons (Fsp3) is 0.375. The maximum atomic E-state index is 5.72. The SMILES string of the molecule is CCOc1ccccc1C(C)(C)C1=[C-]CC=C1.[Cl-].[Cl-].[Ti+3]. The number of rotatable bonds is 4. The van der Waals surface area contributed by atoms with Crippen molar-refractivity contribution < 1.29 is 51.3 Å². The van der Waals surface area contributed by atoms with Gasteiger partial charge in [-0.05, 0) is 18.4 Å². The molecule has 0 N–H and O–H groups in total. The third-order valence-corrected chi connectivity index (χ3v) is 3.23. The fourth-order valence-electron chi connectivity index (χ4n) is 2.24. The van der Waals surface area contributed by atoms with Gasteiger partial charge in [-0.15, -0.1) is 6.42 Å². The van der Waals surface area contributed by atoms with E-state index in [1.54, 1.807) is 0 Å². The van der Waals surface area contributed by atoms with E-state index in [0.29, 0.717) is 6.61 Å². The number of hydrogen-bond acceptors (Lipinski definition) is 1. The number of hydrogen-bond donors (Lipinski definition) is 0. The molecule has 0 atom stereocenters. The summed E-state index contributed by atoms with van der Waals surface area (Å²) in [5.41, 5.74) is 2.44. The predicted octanol–water partition coefficient (Wildman–Crippen LogP) is -1.94. The summed E-state index contributed by atoms with van der Waals surface area (Å²) in [6, 6.07) is 8.28. The van der Waals surface area contributed by atoms with Gasteiger partial charge in [0.2, 0.25) is 0 Å². The smallest absolute Gasteiger partial charge is 1.00 e. The van der Waals surface area contributed by atoms with Crippen molar-refractivity contribution in [3.05, 3.63) is 53.6 Å². The van der Waals surface area contributed by atoms with Crippen LogP contribution in [-0.4, -0.2) is 6.61 Å². The van der Waals surface area contributed by atoms with E-state index in [9.17, 15) is 0 Å². The van der Waals surface area contributed by atoms with Crippen LogP contribution in [-0.2, 0) is 27.1 Å². The van der Waals surface area contributed by atoms with E-state index in [2.05, 4.69) is 44.2 Å². The average molecular weight is 346 g/mol. The van der Waals surface area contributed by atoms with Crippen molar-refractivity contribution in [3.63, 3.8) is 0 Å². The Morgan fingerprint density at radius 2 is 1.85 bits per heavy atom. The van der Waals surface area contributed by atoms with Crippen LogP contribution in [0.15, 0.2) is 42.0 Å². The van der Waals surface area contributed by atoms with Crippen molar-refractivity contribution in [2.24, 2.45) is 0 Å². The van der Waals surface area contributed by atoms with Crippen LogP contribution in [0, 0.1) is 6.08 Å². The Hall–Kier alpha value is -0.206. The first-order valence-electron chi connectivity index (χ1n) is 6.16. The second-order valence-electron chi connectivity index (χ2n) is 4.75. The normalized spacial score (nSPS) is 12.7. The summed E-state index contributed by atoms with van der Waals surface area (Å²) in [6.45, 7) is 7.17. The Balaban J connectivity index is 0. The number of ether oxygens (including phenoxy) is 1. The van der Waals surface area contributed by atoms with Crippen molar-refractivity contribution in [3.8, 4) is 5.75 Å². The minimum atomic E-state index is -0.0429. The van der Waals surface area contributed by atoms with Gasteiger partial charge in [0.05, 0.1) is 6.61 Å². The molecule has 1 aromatic carbocycles. The number of allylic oxidation sites excluding steroid dienone is 4. The zero-order valence-corrected chi connectivity index (χ0v) is 15.1. The van der Waals surface area contributed by atoms with Gasteiger partial charge in [0.25, 0.3) is 0 Å². The van der Waals surface area contributed by atoms with Gasteiger partial charge >= 0.3 is 21.7 Å². The first kappa shape index (κ1) is 22.1. The molecule has 20 heavy (non-hydrogen) atoms. The van der Waals surface area contributed by atoms with Crippen LogP contribution in [0.3, 0.4) is 0 Å². The van der Waals surface area contributed by atoms with Gasteiger partial charge in [0, 0.05) is 5.56 Å². The summed E-state index contributed by atoms with van der Waals surface area (Å²) in [7, 11) is 0. The van der Waals surface area contributed by atoms with Crippen LogP contribution in [0.1, 0.15) is 32.8 Å². The minimum absolute atomic E-state index is 0. The molecule has 0 aliphatic heterocycles. The maximum Gasteiger partial charge on any atom is 3.00 e. The Morgan fingerprint density at radius 3 is 2.40 bits per heavy atom. The molecule has 0 bridgehead atoms. The molecule has 1 aliphatic carbocycles. The molecule has 0 fully saturated rings. The van der Waals surface area contributed by atoms with Crippen LogP contribution in [0.25, 0.3) is 0 Å². The van der Waals surface area contributed by atoms with E-state index < -0.39 is 0 Å². The molecule has 107 valence electrons. The topological polar surface area (TPSA) is 9.23 Å². The summed E-state index contributed by atoms with van der Waals surface area (Å²) in [6.07, 6.45) is 8.66. The van der Waals surface area contributed by atoms with Crippen molar-refractivity contribution in [2.45, 2.75) is 32.6 Å². The summed E-state index contributed by atoms with van der Waals surface area (Å²) in [5, 5.41) is 0. The van der Waals surface area contributed by atoms with Crippen molar-refractivity contribution in [2.75, 3.05) is 6.61 Å². The summed E-state index contributed by atoms with van der Waals surface area (Å²) >= 11 is 0. The van der Waals surface area contributed by atoms with Gasteiger partial charge in [0.1, 0.15) is 5.75 Å². The first-order valence-corrected chi connectivity index (χ1v) is 6.16. The Bertz CT molecular complexity index is 467. The van der Waals surface area contributed by atoms with E-state index in [1.165, 1.54) is 11.1 Å². The van der Waals surface area contributed by atoms with Gasteiger partial charge < -0.3 is 29.6 Å². The average Bonchev–Trinajstić information content (AvgIpc) is 2.84. The van der Waals surface area contributed by atoms with Crippen LogP contribution < -0.4 is 29.6 Å². The summed E-state index contributed by atoms with van der Waals surface area (Å²) in [4.78, 5) is 0. The molecule has 2 rings (SSSR count). The Labute approximate surface area is 149 Å². The summed E-state index contributed by atoms with van der Waals surface area (Å²) in [5.74, 6) is 0.981. The van der Waals surface area contributed by atoms with E-state index in [-0.39, 0.29) is 51.9 Å². The third-order valence-electron chi connectivity index (χ3n) is 3.23. The van der Waals surface area contributed by atoms with Crippen molar-refractivity contribution in [1.29, 1.82) is 0 Å². The molecule has 0 saturated heterocycles. The van der Waals surface area contributed by atoms with E-state index in [0.717, 1.165) is 12.2 Å². The molecule has 0 saturated carbocycles. The van der Waals surface area contributed by atoms with Gasteiger partial charge in [-0.1, -0.05) is 32.0 Å². The standard InChI is InChI=1S/C16H19O.2ClH.Ti/c1-4-17-15-12-8-7-11-14(15)16(2,3)13-9-5-6-10-13;;;/h5,7-9,11-12H,4,6H2,1-3H3;2*1H;/q-1;;;+3/p-2. The van der Waals surface area contributed by atoms with Gasteiger partial charge in [-0.2, -0.15) is 6.08 Å². The maximum absolute atomic E-state index is 5.72. The molecule has 4 heteroatoms. The summed E-state index contributed by atoms with van der Waals surface area (Å²) < 4.78 is 5.72.